The number of aromatic nitrogens is 5. The second-order valence-electron chi connectivity index (χ2n) is 8.03. The van der Waals surface area contributed by atoms with Gasteiger partial charge in [0.05, 0.1) is 22.4 Å². The van der Waals surface area contributed by atoms with Gasteiger partial charge in [-0.1, -0.05) is 12.1 Å². The van der Waals surface area contributed by atoms with Crippen LogP contribution in [0.4, 0.5) is 5.82 Å². The molecule has 0 bridgehead atoms. The van der Waals surface area contributed by atoms with Crippen LogP contribution in [-0.2, 0) is 6.54 Å². The van der Waals surface area contributed by atoms with Crippen LogP contribution in [0.25, 0.3) is 22.3 Å². The van der Waals surface area contributed by atoms with Crippen molar-refractivity contribution in [2.24, 2.45) is 5.92 Å². The molecule has 0 atom stereocenters. The Morgan fingerprint density at radius 2 is 1.65 bits per heavy atom. The smallest absolute Gasteiger partial charge is 0.266 e. The lowest BCUT2D eigenvalue weighted by molar-refractivity contribution is 0.335. The van der Waals surface area contributed by atoms with Gasteiger partial charge in [0.25, 0.3) is 5.56 Å². The molecule has 0 aliphatic carbocycles. The highest BCUT2D eigenvalue weighted by Gasteiger charge is 2.23. The lowest BCUT2D eigenvalue weighted by Gasteiger charge is -2.33. The molecule has 31 heavy (non-hydrogen) atoms. The van der Waals surface area contributed by atoms with Gasteiger partial charge >= 0.3 is 0 Å². The van der Waals surface area contributed by atoms with Crippen LogP contribution in [0.5, 0.6) is 0 Å². The van der Waals surface area contributed by atoms with Crippen LogP contribution in [0.1, 0.15) is 18.5 Å². The van der Waals surface area contributed by atoms with Gasteiger partial charge in [-0.2, -0.15) is 5.10 Å². The third-order valence-corrected chi connectivity index (χ3v) is 5.91. The van der Waals surface area contributed by atoms with Crippen molar-refractivity contribution in [2.75, 3.05) is 18.0 Å². The molecule has 1 aliphatic rings. The fourth-order valence-electron chi connectivity index (χ4n) is 4.21. The van der Waals surface area contributed by atoms with E-state index in [0.717, 1.165) is 59.7 Å². The van der Waals surface area contributed by atoms with Crippen LogP contribution in [-0.4, -0.2) is 37.8 Å². The van der Waals surface area contributed by atoms with Gasteiger partial charge in [0, 0.05) is 43.7 Å². The molecule has 4 heterocycles. The molecule has 156 valence electrons. The van der Waals surface area contributed by atoms with E-state index < -0.39 is 0 Å². The van der Waals surface area contributed by atoms with E-state index in [4.69, 9.17) is 9.97 Å². The second-order valence-corrected chi connectivity index (χ2v) is 8.03. The molecule has 0 N–H and O–H groups in total. The van der Waals surface area contributed by atoms with Crippen LogP contribution in [0, 0.1) is 12.8 Å². The number of anilines is 1. The minimum absolute atomic E-state index is 0.0588. The molecule has 3 aromatic heterocycles. The Morgan fingerprint density at radius 1 is 0.935 bits per heavy atom. The minimum atomic E-state index is -0.0588. The van der Waals surface area contributed by atoms with Crippen LogP contribution < -0.4 is 10.5 Å². The number of aryl methyl sites for hydroxylation is 1. The largest absolute Gasteiger partial charge is 0.355 e. The number of fused-ring (bicyclic) bond motifs is 1. The lowest BCUT2D eigenvalue weighted by Crippen LogP contribution is -2.37. The molecule has 0 unspecified atom stereocenters. The Labute approximate surface area is 180 Å². The summed E-state index contributed by atoms with van der Waals surface area (Å²) >= 11 is 0. The number of pyridine rings is 1. The third-order valence-electron chi connectivity index (χ3n) is 5.91. The molecular weight excluding hydrogens is 388 g/mol. The van der Waals surface area contributed by atoms with E-state index in [0.29, 0.717) is 12.5 Å². The Hall–Kier alpha value is -3.61. The molecule has 0 saturated carbocycles. The van der Waals surface area contributed by atoms with Crippen molar-refractivity contribution in [2.45, 2.75) is 26.3 Å². The zero-order valence-corrected chi connectivity index (χ0v) is 17.5. The van der Waals surface area contributed by atoms with Crippen LogP contribution in [0.3, 0.4) is 0 Å². The standard InChI is InChI=1S/C24H24N6O/c1-17-24(27-22-5-3-2-4-21(22)26-17)29-14-10-18(11-15-29)16-30-23(31)7-6-20(28-30)19-8-12-25-13-9-19/h2-9,12-13,18H,10-11,14-16H2,1H3. The van der Waals surface area contributed by atoms with Gasteiger partial charge in [-0.25, -0.2) is 14.6 Å². The van der Waals surface area contributed by atoms with E-state index in [2.05, 4.69) is 15.0 Å². The molecule has 7 heteroatoms. The molecule has 1 aromatic carbocycles. The molecule has 5 rings (SSSR count). The highest BCUT2D eigenvalue weighted by Crippen LogP contribution is 2.26. The summed E-state index contributed by atoms with van der Waals surface area (Å²) in [6.45, 7) is 4.46. The average molecular weight is 412 g/mol. The van der Waals surface area contributed by atoms with Crippen molar-refractivity contribution >= 4 is 16.9 Å². The van der Waals surface area contributed by atoms with E-state index >= 15 is 0 Å². The van der Waals surface area contributed by atoms with E-state index in [1.165, 1.54) is 0 Å². The molecule has 1 aliphatic heterocycles. The first-order valence-electron chi connectivity index (χ1n) is 10.6. The first-order valence-corrected chi connectivity index (χ1v) is 10.6. The Bertz CT molecular complexity index is 1260. The first kappa shape index (κ1) is 19.4. The summed E-state index contributed by atoms with van der Waals surface area (Å²) in [5, 5.41) is 4.60. The van der Waals surface area contributed by atoms with Crippen LogP contribution >= 0.6 is 0 Å². The van der Waals surface area contributed by atoms with Crippen molar-refractivity contribution in [3.63, 3.8) is 0 Å². The predicted octanol–water partition coefficient (Wildman–Crippen LogP) is 3.47. The summed E-state index contributed by atoms with van der Waals surface area (Å²) in [6.07, 6.45) is 5.45. The fourth-order valence-corrected chi connectivity index (χ4v) is 4.21. The maximum Gasteiger partial charge on any atom is 0.266 e. The molecule has 0 amide bonds. The first-order chi connectivity index (χ1) is 15.2. The Balaban J connectivity index is 1.30. The lowest BCUT2D eigenvalue weighted by atomic mass is 9.96. The second kappa shape index (κ2) is 8.26. The zero-order valence-electron chi connectivity index (χ0n) is 17.5. The maximum atomic E-state index is 12.4. The number of piperidine rings is 1. The number of nitrogens with zero attached hydrogens (tertiary/aromatic N) is 6. The number of rotatable bonds is 4. The number of para-hydroxylation sites is 2. The van der Waals surface area contributed by atoms with Gasteiger partial charge in [-0.3, -0.25) is 9.78 Å². The average Bonchev–Trinajstić information content (AvgIpc) is 2.81. The summed E-state index contributed by atoms with van der Waals surface area (Å²) < 4.78 is 1.61. The highest BCUT2D eigenvalue weighted by atomic mass is 16.1. The van der Waals surface area contributed by atoms with E-state index in [9.17, 15) is 4.79 Å². The van der Waals surface area contributed by atoms with Crippen molar-refractivity contribution in [1.29, 1.82) is 0 Å². The fraction of sp³-hybridized carbons (Fsp3) is 0.292. The van der Waals surface area contributed by atoms with Gasteiger partial charge in [-0.15, -0.1) is 0 Å². The maximum absolute atomic E-state index is 12.4. The number of hydrogen-bond donors (Lipinski definition) is 0. The normalized spacial score (nSPS) is 14.8. The Morgan fingerprint density at radius 3 is 2.39 bits per heavy atom. The quantitative estimate of drug-likeness (QED) is 0.511. The molecular formula is C24H24N6O. The summed E-state index contributed by atoms with van der Waals surface area (Å²) in [5.41, 5.74) is 4.51. The van der Waals surface area contributed by atoms with Crippen LogP contribution in [0.15, 0.2) is 65.7 Å². The topological polar surface area (TPSA) is 76.8 Å². The van der Waals surface area contributed by atoms with Gasteiger partial charge < -0.3 is 4.90 Å². The summed E-state index contributed by atoms with van der Waals surface area (Å²) in [6, 6.07) is 15.2. The van der Waals surface area contributed by atoms with Crippen molar-refractivity contribution in [1.82, 2.24) is 24.7 Å². The predicted molar refractivity (Wildman–Crippen MR) is 121 cm³/mol. The molecule has 1 fully saturated rings. The molecule has 1 saturated heterocycles. The molecule has 0 spiro atoms. The van der Waals surface area contributed by atoms with E-state index in [-0.39, 0.29) is 5.56 Å². The molecule has 0 radical (unpaired) electrons. The number of hydrogen-bond acceptors (Lipinski definition) is 6. The van der Waals surface area contributed by atoms with Gasteiger partial charge in [0.2, 0.25) is 0 Å². The minimum Gasteiger partial charge on any atom is -0.355 e. The van der Waals surface area contributed by atoms with E-state index in [1.807, 2.05) is 43.3 Å². The summed E-state index contributed by atoms with van der Waals surface area (Å²) in [4.78, 5) is 28.3. The van der Waals surface area contributed by atoms with Crippen molar-refractivity contribution in [3.8, 4) is 11.3 Å². The molecule has 4 aromatic rings. The van der Waals surface area contributed by atoms with Gasteiger partial charge in [0.15, 0.2) is 5.82 Å². The monoisotopic (exact) mass is 412 g/mol. The SMILES string of the molecule is Cc1nc2ccccc2nc1N1CCC(Cn2nc(-c3ccncc3)ccc2=O)CC1. The number of benzene rings is 1. The zero-order chi connectivity index (χ0) is 21.2. The van der Waals surface area contributed by atoms with Gasteiger partial charge in [0.1, 0.15) is 0 Å². The molecule has 7 nitrogen and oxygen atoms in total. The third kappa shape index (κ3) is 4.03. The van der Waals surface area contributed by atoms with Crippen LogP contribution in [0.2, 0.25) is 0 Å². The Kier molecular flexibility index (Phi) is 5.16. The van der Waals surface area contributed by atoms with Gasteiger partial charge in [-0.05, 0) is 56.0 Å². The van der Waals surface area contributed by atoms with Crippen molar-refractivity contribution in [3.05, 3.63) is 77.0 Å². The summed E-state index contributed by atoms with van der Waals surface area (Å²) in [5.74, 6) is 1.37. The van der Waals surface area contributed by atoms with E-state index in [1.54, 1.807) is 29.2 Å². The highest BCUT2D eigenvalue weighted by molar-refractivity contribution is 5.76. The summed E-state index contributed by atoms with van der Waals surface area (Å²) in [7, 11) is 0. The van der Waals surface area contributed by atoms with Crippen molar-refractivity contribution < 1.29 is 0 Å².